The largest absolute Gasteiger partial charge is 0.354 e. The number of pyridine rings is 1. The highest BCUT2D eigenvalue weighted by Gasteiger charge is 2.24. The second-order valence-electron chi connectivity index (χ2n) is 5.96. The molecule has 0 aliphatic heterocycles. The van der Waals surface area contributed by atoms with E-state index in [-0.39, 0.29) is 0 Å². The molecule has 0 aromatic carbocycles. The molecule has 0 saturated heterocycles. The van der Waals surface area contributed by atoms with Crippen LogP contribution in [0.3, 0.4) is 0 Å². The van der Waals surface area contributed by atoms with Gasteiger partial charge in [-0.3, -0.25) is 0 Å². The predicted molar refractivity (Wildman–Crippen MR) is 83.0 cm³/mol. The Morgan fingerprint density at radius 3 is 2.70 bits per heavy atom. The maximum absolute atomic E-state index is 9.10. The van der Waals surface area contributed by atoms with Crippen LogP contribution in [0.4, 0.5) is 5.82 Å². The molecule has 0 radical (unpaired) electrons. The average molecular weight is 292 g/mol. The van der Waals surface area contributed by atoms with Crippen LogP contribution in [0.15, 0.2) is 12.1 Å². The molecule has 0 atom stereocenters. The van der Waals surface area contributed by atoms with Gasteiger partial charge in [0.15, 0.2) is 0 Å². The Hall–Kier alpha value is -1.27. The van der Waals surface area contributed by atoms with Gasteiger partial charge >= 0.3 is 0 Å². The van der Waals surface area contributed by atoms with Crippen molar-refractivity contribution in [2.24, 2.45) is 5.92 Å². The molecule has 108 valence electrons. The number of nitriles is 1. The van der Waals surface area contributed by atoms with Crippen LogP contribution in [0, 0.1) is 17.2 Å². The van der Waals surface area contributed by atoms with Gasteiger partial charge in [-0.1, -0.05) is 38.3 Å². The van der Waals surface area contributed by atoms with Gasteiger partial charge in [0.25, 0.3) is 0 Å². The molecule has 1 aromatic heterocycles. The van der Waals surface area contributed by atoms with E-state index in [0.717, 1.165) is 18.8 Å². The standard InChI is InChI=1S/C16H22ClN3/c1-12(2)7-8-20(14-5-3-4-6-14)16-10-13(11-18)9-15(17)19-16/h9-10,12,14H,3-8H2,1-2H3. The SMILES string of the molecule is CC(C)CCN(c1cc(C#N)cc(Cl)n1)C1CCCC1. The van der Waals surface area contributed by atoms with Gasteiger partial charge in [0.1, 0.15) is 11.0 Å². The molecular weight excluding hydrogens is 270 g/mol. The fraction of sp³-hybridized carbons (Fsp3) is 0.625. The summed E-state index contributed by atoms with van der Waals surface area (Å²) in [4.78, 5) is 6.81. The third-order valence-electron chi connectivity index (χ3n) is 3.92. The minimum absolute atomic E-state index is 0.409. The lowest BCUT2D eigenvalue weighted by Gasteiger charge is -2.31. The summed E-state index contributed by atoms with van der Waals surface area (Å²) in [7, 11) is 0. The molecule has 0 unspecified atom stereocenters. The normalized spacial score (nSPS) is 15.6. The van der Waals surface area contributed by atoms with E-state index in [1.54, 1.807) is 6.07 Å². The Morgan fingerprint density at radius 2 is 2.10 bits per heavy atom. The average Bonchev–Trinajstić information content (AvgIpc) is 2.92. The van der Waals surface area contributed by atoms with Crippen LogP contribution in [-0.4, -0.2) is 17.6 Å². The molecule has 4 heteroatoms. The van der Waals surface area contributed by atoms with Crippen molar-refractivity contribution in [3.63, 3.8) is 0 Å². The van der Waals surface area contributed by atoms with Crippen molar-refractivity contribution in [1.82, 2.24) is 4.98 Å². The first-order chi connectivity index (χ1) is 9.60. The molecule has 1 aliphatic rings. The van der Waals surface area contributed by atoms with Crippen molar-refractivity contribution in [3.05, 3.63) is 22.8 Å². The fourth-order valence-electron chi connectivity index (χ4n) is 2.79. The van der Waals surface area contributed by atoms with Crippen LogP contribution in [0.5, 0.6) is 0 Å². The highest BCUT2D eigenvalue weighted by molar-refractivity contribution is 6.29. The molecule has 1 aliphatic carbocycles. The van der Waals surface area contributed by atoms with Crippen LogP contribution in [0.25, 0.3) is 0 Å². The molecular formula is C16H22ClN3. The quantitative estimate of drug-likeness (QED) is 0.755. The van der Waals surface area contributed by atoms with Crippen LogP contribution < -0.4 is 4.90 Å². The summed E-state index contributed by atoms with van der Waals surface area (Å²) in [5, 5.41) is 9.51. The predicted octanol–water partition coefficient (Wildman–Crippen LogP) is 4.40. The molecule has 0 N–H and O–H groups in total. The maximum Gasteiger partial charge on any atom is 0.132 e. The third kappa shape index (κ3) is 3.86. The first-order valence-electron chi connectivity index (χ1n) is 7.44. The topological polar surface area (TPSA) is 39.9 Å². The minimum atomic E-state index is 0.409. The lowest BCUT2D eigenvalue weighted by Crippen LogP contribution is -2.35. The maximum atomic E-state index is 9.10. The van der Waals surface area contributed by atoms with Gasteiger partial charge in [-0.05, 0) is 37.3 Å². The van der Waals surface area contributed by atoms with Gasteiger partial charge in [-0.15, -0.1) is 0 Å². The number of rotatable bonds is 5. The Balaban J connectivity index is 2.24. The Kier molecular flexibility index (Phi) is 5.25. The number of nitrogens with zero attached hydrogens (tertiary/aromatic N) is 3. The van der Waals surface area contributed by atoms with Crippen molar-refractivity contribution in [2.75, 3.05) is 11.4 Å². The first-order valence-corrected chi connectivity index (χ1v) is 7.82. The molecule has 2 rings (SSSR count). The van der Waals surface area contributed by atoms with Crippen LogP contribution in [0.1, 0.15) is 51.5 Å². The van der Waals surface area contributed by atoms with Gasteiger partial charge in [-0.2, -0.15) is 5.26 Å². The van der Waals surface area contributed by atoms with E-state index in [1.807, 2.05) is 6.07 Å². The van der Waals surface area contributed by atoms with Crippen molar-refractivity contribution >= 4 is 17.4 Å². The molecule has 1 fully saturated rings. The van der Waals surface area contributed by atoms with Crippen molar-refractivity contribution in [2.45, 2.75) is 52.0 Å². The summed E-state index contributed by atoms with van der Waals surface area (Å²) in [6, 6.07) is 6.21. The molecule has 1 heterocycles. The molecule has 0 amide bonds. The number of anilines is 1. The molecule has 0 spiro atoms. The van der Waals surface area contributed by atoms with Crippen molar-refractivity contribution in [3.8, 4) is 6.07 Å². The van der Waals surface area contributed by atoms with Crippen LogP contribution in [0.2, 0.25) is 5.15 Å². The second kappa shape index (κ2) is 6.95. The van der Waals surface area contributed by atoms with Gasteiger partial charge in [0.2, 0.25) is 0 Å². The zero-order chi connectivity index (χ0) is 14.5. The van der Waals surface area contributed by atoms with Gasteiger partial charge in [-0.25, -0.2) is 4.98 Å². The number of halogens is 1. The van der Waals surface area contributed by atoms with E-state index in [0.29, 0.717) is 22.7 Å². The smallest absolute Gasteiger partial charge is 0.132 e. The summed E-state index contributed by atoms with van der Waals surface area (Å²) in [6.07, 6.45) is 6.14. The monoisotopic (exact) mass is 291 g/mol. The zero-order valence-corrected chi connectivity index (χ0v) is 13.0. The van der Waals surface area contributed by atoms with E-state index in [1.165, 1.54) is 25.7 Å². The van der Waals surface area contributed by atoms with E-state index in [2.05, 4.69) is 29.8 Å². The fourth-order valence-corrected chi connectivity index (χ4v) is 3.00. The van der Waals surface area contributed by atoms with Crippen molar-refractivity contribution in [1.29, 1.82) is 5.26 Å². The summed E-state index contributed by atoms with van der Waals surface area (Å²) in [5.41, 5.74) is 0.590. The summed E-state index contributed by atoms with van der Waals surface area (Å²) in [6.45, 7) is 5.46. The highest BCUT2D eigenvalue weighted by atomic mass is 35.5. The molecule has 0 bridgehead atoms. The van der Waals surface area contributed by atoms with Crippen LogP contribution in [-0.2, 0) is 0 Å². The van der Waals surface area contributed by atoms with E-state index in [9.17, 15) is 0 Å². The van der Waals surface area contributed by atoms with Gasteiger partial charge in [0, 0.05) is 12.6 Å². The highest BCUT2D eigenvalue weighted by Crippen LogP contribution is 2.29. The van der Waals surface area contributed by atoms with E-state index < -0.39 is 0 Å². The summed E-state index contributed by atoms with van der Waals surface area (Å²) >= 11 is 6.05. The van der Waals surface area contributed by atoms with Crippen LogP contribution >= 0.6 is 11.6 Å². The van der Waals surface area contributed by atoms with E-state index >= 15 is 0 Å². The number of aromatic nitrogens is 1. The molecule has 3 nitrogen and oxygen atoms in total. The molecule has 20 heavy (non-hydrogen) atoms. The summed E-state index contributed by atoms with van der Waals surface area (Å²) in [5.74, 6) is 1.52. The molecule has 1 saturated carbocycles. The number of hydrogen-bond donors (Lipinski definition) is 0. The Morgan fingerprint density at radius 1 is 1.40 bits per heavy atom. The minimum Gasteiger partial charge on any atom is -0.354 e. The lowest BCUT2D eigenvalue weighted by molar-refractivity contribution is 0.525. The second-order valence-corrected chi connectivity index (χ2v) is 6.35. The number of hydrogen-bond acceptors (Lipinski definition) is 3. The Bertz CT molecular complexity index is 487. The van der Waals surface area contributed by atoms with E-state index in [4.69, 9.17) is 16.9 Å². The summed E-state index contributed by atoms with van der Waals surface area (Å²) < 4.78 is 0. The Labute approximate surface area is 126 Å². The molecule has 1 aromatic rings. The van der Waals surface area contributed by atoms with Gasteiger partial charge in [0.05, 0.1) is 11.6 Å². The van der Waals surface area contributed by atoms with Gasteiger partial charge < -0.3 is 4.90 Å². The third-order valence-corrected chi connectivity index (χ3v) is 4.11. The lowest BCUT2D eigenvalue weighted by atomic mass is 10.1. The van der Waals surface area contributed by atoms with Crippen molar-refractivity contribution < 1.29 is 0 Å². The first kappa shape index (κ1) is 15.1. The zero-order valence-electron chi connectivity index (χ0n) is 12.3.